The molecule has 0 aliphatic rings. The molecule has 0 bridgehead atoms. The second-order valence-corrected chi connectivity index (χ2v) is 8.47. The summed E-state index contributed by atoms with van der Waals surface area (Å²) in [5.74, 6) is -1.06. The summed E-state index contributed by atoms with van der Waals surface area (Å²) in [5, 5.41) is 22.4. The fourth-order valence-electron chi connectivity index (χ4n) is 2.80. The standard InChI is InChI=1S/C20H19O4P/c1-24-15-12-13-18(19(21)14-15)20(22)25(23,16-8-4-2-5-9-16)17-10-6-3-7-11-17/h2-14,20-22H,1H3/t20-/m1/s1. The second kappa shape index (κ2) is 7.14. The Morgan fingerprint density at radius 3 is 1.84 bits per heavy atom. The summed E-state index contributed by atoms with van der Waals surface area (Å²) in [6.07, 6.45) is 0. The van der Waals surface area contributed by atoms with Crippen LogP contribution in [0.3, 0.4) is 0 Å². The molecule has 4 nitrogen and oxygen atoms in total. The summed E-state index contributed by atoms with van der Waals surface area (Å²) in [6.45, 7) is 0. The topological polar surface area (TPSA) is 66.8 Å². The van der Waals surface area contributed by atoms with Gasteiger partial charge in [-0.05, 0) is 12.1 Å². The van der Waals surface area contributed by atoms with Crippen molar-refractivity contribution in [2.24, 2.45) is 0 Å². The second-order valence-electron chi connectivity index (χ2n) is 5.63. The quantitative estimate of drug-likeness (QED) is 0.689. The number of methoxy groups -OCH3 is 1. The molecule has 0 saturated heterocycles. The SMILES string of the molecule is COc1ccc([C@H](O)P(=O)(c2ccccc2)c2ccccc2)c(O)c1. The zero-order chi connectivity index (χ0) is 17.9. The van der Waals surface area contributed by atoms with Gasteiger partial charge >= 0.3 is 0 Å². The third-order valence-electron chi connectivity index (χ3n) is 4.14. The van der Waals surface area contributed by atoms with Crippen LogP contribution < -0.4 is 15.3 Å². The lowest BCUT2D eigenvalue weighted by Crippen LogP contribution is -2.21. The summed E-state index contributed by atoms with van der Waals surface area (Å²) in [7, 11) is -1.94. The number of phenols is 1. The zero-order valence-corrected chi connectivity index (χ0v) is 14.6. The number of aliphatic hydroxyl groups is 1. The molecule has 3 rings (SSSR count). The lowest BCUT2D eigenvalue weighted by molar-refractivity contribution is 0.251. The molecule has 3 aromatic carbocycles. The van der Waals surface area contributed by atoms with Crippen LogP contribution in [-0.2, 0) is 4.57 Å². The highest BCUT2D eigenvalue weighted by Crippen LogP contribution is 2.57. The highest BCUT2D eigenvalue weighted by molar-refractivity contribution is 7.78. The highest BCUT2D eigenvalue weighted by atomic mass is 31.2. The molecule has 0 saturated carbocycles. The van der Waals surface area contributed by atoms with Gasteiger partial charge in [-0.3, -0.25) is 0 Å². The molecule has 0 fully saturated rings. The molecule has 128 valence electrons. The van der Waals surface area contributed by atoms with Crippen molar-refractivity contribution < 1.29 is 19.5 Å². The third-order valence-corrected chi connectivity index (χ3v) is 7.24. The van der Waals surface area contributed by atoms with Crippen LogP contribution in [0, 0.1) is 0 Å². The molecule has 1 atom stereocenters. The first-order chi connectivity index (χ1) is 12.1. The number of hydrogen-bond donors (Lipinski definition) is 2. The van der Waals surface area contributed by atoms with E-state index in [1.807, 2.05) is 12.1 Å². The van der Waals surface area contributed by atoms with E-state index in [2.05, 4.69) is 0 Å². The molecule has 0 aliphatic heterocycles. The van der Waals surface area contributed by atoms with E-state index in [1.165, 1.54) is 19.2 Å². The van der Waals surface area contributed by atoms with Gasteiger partial charge in [0.25, 0.3) is 0 Å². The number of phenolic OH excluding ortho intramolecular Hbond substituents is 1. The molecule has 2 N–H and O–H groups in total. The fraction of sp³-hybridized carbons (Fsp3) is 0.100. The first-order valence-electron chi connectivity index (χ1n) is 7.83. The predicted octanol–water partition coefficient (Wildman–Crippen LogP) is 3.41. The average molecular weight is 354 g/mol. The van der Waals surface area contributed by atoms with E-state index in [0.717, 1.165) is 0 Å². The van der Waals surface area contributed by atoms with E-state index in [9.17, 15) is 14.8 Å². The Morgan fingerprint density at radius 2 is 1.40 bits per heavy atom. The van der Waals surface area contributed by atoms with Crippen molar-refractivity contribution in [2.75, 3.05) is 7.11 Å². The Morgan fingerprint density at radius 1 is 0.880 bits per heavy atom. The molecule has 0 spiro atoms. The molecule has 0 heterocycles. The molecular formula is C20H19O4P. The van der Waals surface area contributed by atoms with E-state index in [-0.39, 0.29) is 11.3 Å². The molecule has 3 aromatic rings. The van der Waals surface area contributed by atoms with Crippen LogP contribution in [-0.4, -0.2) is 17.3 Å². The van der Waals surface area contributed by atoms with E-state index in [0.29, 0.717) is 16.4 Å². The fourth-order valence-corrected chi connectivity index (χ4v) is 5.50. The van der Waals surface area contributed by atoms with Crippen molar-refractivity contribution in [2.45, 2.75) is 5.85 Å². The Kier molecular flexibility index (Phi) is 4.93. The zero-order valence-electron chi connectivity index (χ0n) is 13.7. The molecule has 25 heavy (non-hydrogen) atoms. The third kappa shape index (κ3) is 3.19. The van der Waals surface area contributed by atoms with Gasteiger partial charge in [-0.25, -0.2) is 0 Å². The molecule has 0 radical (unpaired) electrons. The van der Waals surface area contributed by atoms with Crippen molar-refractivity contribution in [1.29, 1.82) is 0 Å². The molecule has 0 unspecified atom stereocenters. The molecule has 0 aliphatic carbocycles. The average Bonchev–Trinajstić information content (AvgIpc) is 2.68. The Labute approximate surface area is 146 Å². The molecule has 0 aromatic heterocycles. The maximum absolute atomic E-state index is 14.0. The minimum absolute atomic E-state index is 0.154. The number of rotatable bonds is 5. The van der Waals surface area contributed by atoms with E-state index < -0.39 is 13.0 Å². The van der Waals surface area contributed by atoms with Crippen LogP contribution in [0.4, 0.5) is 0 Å². The summed E-state index contributed by atoms with van der Waals surface area (Å²) >= 11 is 0. The largest absolute Gasteiger partial charge is 0.507 e. The van der Waals surface area contributed by atoms with Crippen molar-refractivity contribution >= 4 is 17.8 Å². The van der Waals surface area contributed by atoms with Crippen LogP contribution in [0.5, 0.6) is 11.5 Å². The maximum Gasteiger partial charge on any atom is 0.174 e. The number of aliphatic hydroxyl groups excluding tert-OH is 1. The predicted molar refractivity (Wildman–Crippen MR) is 99.4 cm³/mol. The van der Waals surface area contributed by atoms with Crippen molar-refractivity contribution in [3.05, 3.63) is 84.4 Å². The molecule has 0 amide bonds. The molecular weight excluding hydrogens is 335 g/mol. The summed E-state index contributed by atoms with van der Waals surface area (Å²) in [5.41, 5.74) is 0.205. The van der Waals surface area contributed by atoms with Crippen LogP contribution in [0.25, 0.3) is 0 Å². The minimum atomic E-state index is -3.43. The summed E-state index contributed by atoms with van der Waals surface area (Å²) in [6, 6.07) is 22.3. The number of benzene rings is 3. The monoisotopic (exact) mass is 354 g/mol. The summed E-state index contributed by atoms with van der Waals surface area (Å²) in [4.78, 5) is 0. The highest BCUT2D eigenvalue weighted by Gasteiger charge is 2.37. The molecule has 5 heteroatoms. The Balaban J connectivity index is 2.17. The number of aromatic hydroxyl groups is 1. The van der Waals surface area contributed by atoms with E-state index in [4.69, 9.17) is 4.74 Å². The van der Waals surface area contributed by atoms with Gasteiger partial charge in [-0.1, -0.05) is 60.7 Å². The first-order valence-corrected chi connectivity index (χ1v) is 9.61. The summed E-state index contributed by atoms with van der Waals surface area (Å²) < 4.78 is 19.1. The van der Waals surface area contributed by atoms with Crippen LogP contribution >= 0.6 is 7.14 Å². The van der Waals surface area contributed by atoms with Gasteiger partial charge in [0, 0.05) is 22.2 Å². The lowest BCUT2D eigenvalue weighted by Gasteiger charge is -2.25. The number of hydrogen-bond acceptors (Lipinski definition) is 4. The smallest absolute Gasteiger partial charge is 0.174 e. The van der Waals surface area contributed by atoms with Gasteiger partial charge in [0.05, 0.1) is 7.11 Å². The van der Waals surface area contributed by atoms with Gasteiger partial charge in [0.15, 0.2) is 7.14 Å². The van der Waals surface area contributed by atoms with Gasteiger partial charge in [-0.15, -0.1) is 0 Å². The van der Waals surface area contributed by atoms with Gasteiger partial charge in [-0.2, -0.15) is 0 Å². The normalized spacial score (nSPS) is 12.6. The van der Waals surface area contributed by atoms with Crippen molar-refractivity contribution in [1.82, 2.24) is 0 Å². The minimum Gasteiger partial charge on any atom is -0.507 e. The van der Waals surface area contributed by atoms with E-state index in [1.54, 1.807) is 54.6 Å². The van der Waals surface area contributed by atoms with Crippen molar-refractivity contribution in [3.8, 4) is 11.5 Å². The van der Waals surface area contributed by atoms with E-state index >= 15 is 0 Å². The van der Waals surface area contributed by atoms with Crippen LogP contribution in [0.1, 0.15) is 11.4 Å². The first kappa shape index (κ1) is 17.3. The van der Waals surface area contributed by atoms with Gasteiger partial charge < -0.3 is 19.5 Å². The van der Waals surface area contributed by atoms with Crippen LogP contribution in [0.2, 0.25) is 0 Å². The maximum atomic E-state index is 14.0. The van der Waals surface area contributed by atoms with Gasteiger partial charge in [0.1, 0.15) is 17.3 Å². The van der Waals surface area contributed by atoms with Crippen molar-refractivity contribution in [3.63, 3.8) is 0 Å². The van der Waals surface area contributed by atoms with Crippen LogP contribution in [0.15, 0.2) is 78.9 Å². The number of ether oxygens (including phenoxy) is 1. The Hall–Kier alpha value is -2.55. The Bertz CT molecular complexity index is 851. The lowest BCUT2D eigenvalue weighted by atomic mass is 10.2. The van der Waals surface area contributed by atoms with Gasteiger partial charge in [0.2, 0.25) is 0 Å².